The molecule has 0 saturated heterocycles. The van der Waals surface area contributed by atoms with Crippen molar-refractivity contribution in [2.24, 2.45) is 5.73 Å². The van der Waals surface area contributed by atoms with E-state index < -0.39 is 0 Å². The standard InChI is InChI=1S/C16H21N3/c1-2-13(17)12-7-3-5-9-15(12)19-11-18-14-8-4-6-10-16(14)19/h3,5,7,9,11,13H,2,4,6,8,10,17H2,1H3/t13-/m1/s1. The van der Waals surface area contributed by atoms with E-state index in [1.165, 1.54) is 35.5 Å². The molecule has 0 saturated carbocycles. The van der Waals surface area contributed by atoms with Gasteiger partial charge in [-0.25, -0.2) is 4.98 Å². The Morgan fingerprint density at radius 2 is 2.05 bits per heavy atom. The van der Waals surface area contributed by atoms with Gasteiger partial charge in [0.05, 0.1) is 17.7 Å². The first kappa shape index (κ1) is 12.4. The summed E-state index contributed by atoms with van der Waals surface area (Å²) in [5.74, 6) is 0. The van der Waals surface area contributed by atoms with Crippen LogP contribution in [0.15, 0.2) is 30.6 Å². The molecule has 2 aromatic rings. The van der Waals surface area contributed by atoms with E-state index in [9.17, 15) is 0 Å². The van der Waals surface area contributed by atoms with Crippen LogP contribution in [0.4, 0.5) is 0 Å². The van der Waals surface area contributed by atoms with Crippen LogP contribution in [0.5, 0.6) is 0 Å². The molecule has 0 fully saturated rings. The molecule has 1 aromatic heterocycles. The minimum absolute atomic E-state index is 0.0952. The molecule has 0 amide bonds. The third kappa shape index (κ3) is 2.19. The zero-order valence-electron chi connectivity index (χ0n) is 11.5. The topological polar surface area (TPSA) is 43.8 Å². The van der Waals surface area contributed by atoms with Crippen LogP contribution in [0.3, 0.4) is 0 Å². The normalized spacial score (nSPS) is 16.1. The first-order chi connectivity index (χ1) is 9.31. The third-order valence-electron chi connectivity index (χ3n) is 4.07. The number of imidazole rings is 1. The highest BCUT2D eigenvalue weighted by atomic mass is 15.1. The van der Waals surface area contributed by atoms with E-state index in [1.807, 2.05) is 6.33 Å². The van der Waals surface area contributed by atoms with E-state index in [0.717, 1.165) is 19.3 Å². The largest absolute Gasteiger partial charge is 0.324 e. The number of nitrogens with zero attached hydrogens (tertiary/aromatic N) is 2. The molecule has 0 radical (unpaired) electrons. The second-order valence-electron chi connectivity index (χ2n) is 5.29. The van der Waals surface area contributed by atoms with Crippen LogP contribution < -0.4 is 5.73 Å². The number of hydrogen-bond donors (Lipinski definition) is 1. The molecular formula is C16H21N3. The van der Waals surface area contributed by atoms with Crippen LogP contribution in [0.1, 0.15) is 49.2 Å². The van der Waals surface area contributed by atoms with Crippen molar-refractivity contribution >= 4 is 0 Å². The van der Waals surface area contributed by atoms with Gasteiger partial charge >= 0.3 is 0 Å². The van der Waals surface area contributed by atoms with Crippen LogP contribution >= 0.6 is 0 Å². The lowest BCUT2D eigenvalue weighted by Crippen LogP contribution is -2.14. The van der Waals surface area contributed by atoms with Gasteiger partial charge in [-0.3, -0.25) is 0 Å². The van der Waals surface area contributed by atoms with Crippen LogP contribution in [-0.2, 0) is 12.8 Å². The highest BCUT2D eigenvalue weighted by molar-refractivity contribution is 5.45. The van der Waals surface area contributed by atoms with Gasteiger partial charge in [0.2, 0.25) is 0 Å². The summed E-state index contributed by atoms with van der Waals surface area (Å²) in [6.45, 7) is 2.13. The van der Waals surface area contributed by atoms with Crippen molar-refractivity contribution in [3.05, 3.63) is 47.5 Å². The van der Waals surface area contributed by atoms with E-state index >= 15 is 0 Å². The summed E-state index contributed by atoms with van der Waals surface area (Å²) in [5, 5.41) is 0. The average molecular weight is 255 g/mol. The highest BCUT2D eigenvalue weighted by Gasteiger charge is 2.18. The summed E-state index contributed by atoms with van der Waals surface area (Å²) >= 11 is 0. The number of para-hydroxylation sites is 1. The molecule has 3 nitrogen and oxygen atoms in total. The van der Waals surface area contributed by atoms with E-state index in [2.05, 4.69) is 40.7 Å². The Labute approximate surface area is 114 Å². The van der Waals surface area contributed by atoms with Crippen molar-refractivity contribution in [2.75, 3.05) is 0 Å². The van der Waals surface area contributed by atoms with Gasteiger partial charge in [0.1, 0.15) is 0 Å². The van der Waals surface area contributed by atoms with Gasteiger partial charge in [0.25, 0.3) is 0 Å². The SMILES string of the molecule is CC[C@@H](N)c1ccccc1-n1cnc2c1CCCC2. The second-order valence-corrected chi connectivity index (χ2v) is 5.29. The number of hydrogen-bond acceptors (Lipinski definition) is 2. The van der Waals surface area contributed by atoms with E-state index in [4.69, 9.17) is 5.73 Å². The van der Waals surface area contributed by atoms with Crippen molar-refractivity contribution in [1.82, 2.24) is 9.55 Å². The van der Waals surface area contributed by atoms with Gasteiger partial charge in [-0.05, 0) is 43.7 Å². The van der Waals surface area contributed by atoms with Gasteiger partial charge < -0.3 is 10.3 Å². The number of rotatable bonds is 3. The zero-order chi connectivity index (χ0) is 13.2. The summed E-state index contributed by atoms with van der Waals surface area (Å²) in [5.41, 5.74) is 11.3. The molecule has 0 bridgehead atoms. The fourth-order valence-electron chi connectivity index (χ4n) is 2.92. The Morgan fingerprint density at radius 3 is 2.89 bits per heavy atom. The van der Waals surface area contributed by atoms with Gasteiger partial charge in [-0.15, -0.1) is 0 Å². The number of aromatic nitrogens is 2. The smallest absolute Gasteiger partial charge is 0.0997 e. The Morgan fingerprint density at radius 1 is 1.26 bits per heavy atom. The van der Waals surface area contributed by atoms with Crippen LogP contribution in [0, 0.1) is 0 Å². The van der Waals surface area contributed by atoms with Crippen molar-refractivity contribution in [3.8, 4) is 5.69 Å². The van der Waals surface area contributed by atoms with Crippen molar-refractivity contribution in [3.63, 3.8) is 0 Å². The molecule has 3 heteroatoms. The van der Waals surface area contributed by atoms with Crippen LogP contribution in [-0.4, -0.2) is 9.55 Å². The van der Waals surface area contributed by atoms with Crippen LogP contribution in [0.2, 0.25) is 0 Å². The maximum atomic E-state index is 6.24. The molecule has 0 aliphatic heterocycles. The summed E-state index contributed by atoms with van der Waals surface area (Å²) in [4.78, 5) is 4.58. The predicted molar refractivity (Wildman–Crippen MR) is 77.4 cm³/mol. The minimum Gasteiger partial charge on any atom is -0.324 e. The highest BCUT2D eigenvalue weighted by Crippen LogP contribution is 2.27. The molecule has 1 heterocycles. The third-order valence-corrected chi connectivity index (χ3v) is 4.07. The molecule has 1 aliphatic rings. The molecule has 2 N–H and O–H groups in total. The Bertz CT molecular complexity index is 571. The maximum absolute atomic E-state index is 6.24. The summed E-state index contributed by atoms with van der Waals surface area (Å²) < 4.78 is 2.25. The minimum atomic E-state index is 0.0952. The first-order valence-corrected chi connectivity index (χ1v) is 7.21. The number of fused-ring (bicyclic) bond motifs is 1. The summed E-state index contributed by atoms with van der Waals surface area (Å²) in [6.07, 6.45) is 7.70. The van der Waals surface area contributed by atoms with E-state index in [0.29, 0.717) is 0 Å². The molecule has 100 valence electrons. The molecule has 1 atom stereocenters. The molecular weight excluding hydrogens is 234 g/mol. The Balaban J connectivity index is 2.09. The monoisotopic (exact) mass is 255 g/mol. The first-order valence-electron chi connectivity index (χ1n) is 7.21. The quantitative estimate of drug-likeness (QED) is 0.915. The lowest BCUT2D eigenvalue weighted by molar-refractivity contribution is 0.650. The van der Waals surface area contributed by atoms with Crippen molar-refractivity contribution < 1.29 is 0 Å². The maximum Gasteiger partial charge on any atom is 0.0997 e. The fourth-order valence-corrected chi connectivity index (χ4v) is 2.92. The van der Waals surface area contributed by atoms with Gasteiger partial charge in [-0.1, -0.05) is 25.1 Å². The lowest BCUT2D eigenvalue weighted by atomic mass is 9.99. The summed E-state index contributed by atoms with van der Waals surface area (Å²) in [6, 6.07) is 8.53. The van der Waals surface area contributed by atoms with E-state index in [-0.39, 0.29) is 6.04 Å². The fraction of sp³-hybridized carbons (Fsp3) is 0.438. The molecule has 0 unspecified atom stereocenters. The predicted octanol–water partition coefficient (Wildman–Crippen LogP) is 3.16. The van der Waals surface area contributed by atoms with Crippen molar-refractivity contribution in [1.29, 1.82) is 0 Å². The molecule has 1 aliphatic carbocycles. The van der Waals surface area contributed by atoms with Gasteiger partial charge in [0, 0.05) is 11.7 Å². The van der Waals surface area contributed by atoms with Gasteiger partial charge in [0.15, 0.2) is 0 Å². The molecule has 19 heavy (non-hydrogen) atoms. The number of nitrogens with two attached hydrogens (primary N) is 1. The molecule has 0 spiro atoms. The lowest BCUT2D eigenvalue weighted by Gasteiger charge is -2.19. The summed E-state index contributed by atoms with van der Waals surface area (Å²) in [7, 11) is 0. The van der Waals surface area contributed by atoms with Gasteiger partial charge in [-0.2, -0.15) is 0 Å². The second kappa shape index (κ2) is 5.17. The number of benzene rings is 1. The molecule has 1 aromatic carbocycles. The van der Waals surface area contributed by atoms with Crippen LogP contribution in [0.25, 0.3) is 5.69 Å². The molecule has 3 rings (SSSR count). The Kier molecular flexibility index (Phi) is 3.38. The Hall–Kier alpha value is -1.61. The number of aryl methyl sites for hydroxylation is 1. The van der Waals surface area contributed by atoms with E-state index in [1.54, 1.807) is 0 Å². The average Bonchev–Trinajstić information content (AvgIpc) is 2.90. The zero-order valence-corrected chi connectivity index (χ0v) is 11.5. The van der Waals surface area contributed by atoms with Crippen molar-refractivity contribution in [2.45, 2.75) is 45.1 Å².